The van der Waals surface area contributed by atoms with Crippen molar-refractivity contribution in [2.75, 3.05) is 0 Å². The van der Waals surface area contributed by atoms with Crippen LogP contribution in [0.2, 0.25) is 0 Å². The molecule has 0 aromatic rings. The highest BCUT2D eigenvalue weighted by Crippen LogP contribution is 2.75. The van der Waals surface area contributed by atoms with Crippen LogP contribution in [0.4, 0.5) is 0 Å². The van der Waals surface area contributed by atoms with Gasteiger partial charge in [0.15, 0.2) is 0 Å². The van der Waals surface area contributed by atoms with Crippen molar-refractivity contribution >= 4 is 0 Å². The number of rotatable bonds is 0. The Hall–Kier alpha value is -0.560. The monoisotopic (exact) mass is 424 g/mol. The second-order valence-electron chi connectivity index (χ2n) is 14.4. The fraction of sp³-hybridized carbons (Fsp3) is 0.867. The molecule has 5 aliphatic rings. The van der Waals surface area contributed by atoms with Gasteiger partial charge in [-0.05, 0) is 115 Å². The highest BCUT2D eigenvalue weighted by atomic mass is 16.3. The molecule has 1 heteroatoms. The number of aliphatic hydroxyl groups is 1. The SMILES string of the molecule is CC1=C[C@]2(C)[C@H]3CC[C@@]4(C)[C@@H](CC[C@H](O)[C@@H]4C)[C@]3(C)CC[C@@]2(C)[C@@H]2CC(C)(C)CC=C12. The third-order valence-corrected chi connectivity index (χ3v) is 12.6. The molecular weight excluding hydrogens is 376 g/mol. The van der Waals surface area contributed by atoms with E-state index < -0.39 is 0 Å². The summed E-state index contributed by atoms with van der Waals surface area (Å²) in [6, 6.07) is 0. The van der Waals surface area contributed by atoms with Crippen LogP contribution in [0, 0.1) is 50.7 Å². The summed E-state index contributed by atoms with van der Waals surface area (Å²) in [5.74, 6) is 2.67. The lowest BCUT2D eigenvalue weighted by molar-refractivity contribution is -0.214. The molecule has 0 spiro atoms. The van der Waals surface area contributed by atoms with Crippen LogP contribution in [0.1, 0.15) is 107 Å². The first-order valence-electron chi connectivity index (χ1n) is 13.4. The normalized spacial score (nSPS) is 55.7. The van der Waals surface area contributed by atoms with Crippen LogP contribution in [0.3, 0.4) is 0 Å². The largest absolute Gasteiger partial charge is 0.393 e. The average Bonchev–Trinajstić information content (AvgIpc) is 2.67. The number of hydrogen-bond donors (Lipinski definition) is 1. The first kappa shape index (κ1) is 22.2. The van der Waals surface area contributed by atoms with E-state index in [2.05, 4.69) is 67.5 Å². The van der Waals surface area contributed by atoms with Gasteiger partial charge >= 0.3 is 0 Å². The first-order chi connectivity index (χ1) is 14.3. The van der Waals surface area contributed by atoms with Crippen molar-refractivity contribution in [1.29, 1.82) is 0 Å². The van der Waals surface area contributed by atoms with Crippen molar-refractivity contribution in [3.05, 3.63) is 23.3 Å². The van der Waals surface area contributed by atoms with Gasteiger partial charge in [0, 0.05) is 0 Å². The molecule has 0 aromatic carbocycles. The maximum Gasteiger partial charge on any atom is 0.0571 e. The van der Waals surface area contributed by atoms with Crippen molar-refractivity contribution < 1.29 is 5.11 Å². The van der Waals surface area contributed by atoms with Crippen LogP contribution >= 0.6 is 0 Å². The molecule has 0 heterocycles. The highest BCUT2D eigenvalue weighted by Gasteiger charge is 2.68. The minimum absolute atomic E-state index is 0.0974. The van der Waals surface area contributed by atoms with Crippen LogP contribution in [-0.2, 0) is 0 Å². The zero-order valence-corrected chi connectivity index (χ0v) is 21.6. The van der Waals surface area contributed by atoms with Crippen molar-refractivity contribution in [2.24, 2.45) is 50.7 Å². The van der Waals surface area contributed by atoms with Crippen LogP contribution in [0.5, 0.6) is 0 Å². The van der Waals surface area contributed by atoms with Crippen molar-refractivity contribution in [3.8, 4) is 0 Å². The Morgan fingerprint density at radius 3 is 2.29 bits per heavy atom. The van der Waals surface area contributed by atoms with E-state index in [4.69, 9.17) is 0 Å². The molecule has 0 unspecified atom stereocenters. The van der Waals surface area contributed by atoms with Gasteiger partial charge in [0.05, 0.1) is 6.10 Å². The molecule has 9 atom stereocenters. The molecule has 0 aromatic heterocycles. The summed E-state index contributed by atoms with van der Waals surface area (Å²) in [6.07, 6.45) is 15.5. The fourth-order valence-electron chi connectivity index (χ4n) is 10.3. The van der Waals surface area contributed by atoms with E-state index in [1.165, 1.54) is 44.9 Å². The number of hydrogen-bond acceptors (Lipinski definition) is 1. The lowest BCUT2D eigenvalue weighted by atomic mass is 9.33. The molecule has 3 fully saturated rings. The molecule has 0 amide bonds. The Balaban J connectivity index is 1.60. The molecule has 0 saturated heterocycles. The van der Waals surface area contributed by atoms with E-state index in [1.54, 1.807) is 11.1 Å². The Morgan fingerprint density at radius 1 is 0.871 bits per heavy atom. The quantitative estimate of drug-likeness (QED) is 0.418. The Kier molecular flexibility index (Phi) is 4.68. The topological polar surface area (TPSA) is 20.2 Å². The van der Waals surface area contributed by atoms with Gasteiger partial charge in [-0.2, -0.15) is 0 Å². The predicted octanol–water partition coefficient (Wildman–Crippen LogP) is 7.94. The van der Waals surface area contributed by atoms with Gasteiger partial charge < -0.3 is 5.11 Å². The molecule has 5 rings (SSSR count). The molecular formula is C30H48O. The van der Waals surface area contributed by atoms with Crippen molar-refractivity contribution in [2.45, 2.75) is 113 Å². The van der Waals surface area contributed by atoms with Gasteiger partial charge in [-0.15, -0.1) is 0 Å². The summed E-state index contributed by atoms with van der Waals surface area (Å²) < 4.78 is 0. The maximum atomic E-state index is 10.7. The van der Waals surface area contributed by atoms with E-state index in [9.17, 15) is 5.11 Å². The second kappa shape index (κ2) is 6.52. The van der Waals surface area contributed by atoms with Crippen molar-refractivity contribution in [3.63, 3.8) is 0 Å². The third kappa shape index (κ3) is 2.71. The zero-order valence-electron chi connectivity index (χ0n) is 21.6. The molecule has 5 aliphatic carbocycles. The van der Waals surface area contributed by atoms with Gasteiger partial charge in [-0.25, -0.2) is 0 Å². The van der Waals surface area contributed by atoms with Crippen molar-refractivity contribution in [1.82, 2.24) is 0 Å². The molecule has 1 nitrogen and oxygen atoms in total. The zero-order chi connectivity index (χ0) is 22.6. The lowest BCUT2D eigenvalue weighted by Gasteiger charge is -2.72. The van der Waals surface area contributed by atoms with Gasteiger partial charge in [0.2, 0.25) is 0 Å². The summed E-state index contributed by atoms with van der Waals surface area (Å²) in [4.78, 5) is 0. The molecule has 174 valence electrons. The Morgan fingerprint density at radius 2 is 1.58 bits per heavy atom. The van der Waals surface area contributed by atoms with Crippen LogP contribution in [0.25, 0.3) is 0 Å². The van der Waals surface area contributed by atoms with E-state index in [-0.39, 0.29) is 11.5 Å². The number of allylic oxidation sites excluding steroid dienone is 4. The van der Waals surface area contributed by atoms with Gasteiger partial charge in [-0.3, -0.25) is 0 Å². The van der Waals surface area contributed by atoms with Gasteiger partial charge in [-0.1, -0.05) is 66.2 Å². The summed E-state index contributed by atoms with van der Waals surface area (Å²) in [5.41, 5.74) is 5.06. The average molecular weight is 425 g/mol. The molecule has 3 saturated carbocycles. The summed E-state index contributed by atoms with van der Waals surface area (Å²) >= 11 is 0. The molecule has 0 radical (unpaired) electrons. The molecule has 0 bridgehead atoms. The van der Waals surface area contributed by atoms with Gasteiger partial charge in [0.25, 0.3) is 0 Å². The number of fused-ring (bicyclic) bond motifs is 7. The molecule has 0 aliphatic heterocycles. The predicted molar refractivity (Wildman–Crippen MR) is 131 cm³/mol. The molecule has 31 heavy (non-hydrogen) atoms. The van der Waals surface area contributed by atoms with E-state index in [0.29, 0.717) is 27.6 Å². The van der Waals surface area contributed by atoms with E-state index >= 15 is 0 Å². The summed E-state index contributed by atoms with van der Waals surface area (Å²) in [7, 11) is 0. The van der Waals surface area contributed by atoms with Crippen LogP contribution in [0.15, 0.2) is 23.3 Å². The Labute approximate surface area is 192 Å². The first-order valence-corrected chi connectivity index (χ1v) is 13.4. The third-order valence-electron chi connectivity index (χ3n) is 12.6. The minimum atomic E-state index is -0.0974. The van der Waals surface area contributed by atoms with E-state index in [0.717, 1.165) is 24.2 Å². The molecule has 1 N–H and O–H groups in total. The van der Waals surface area contributed by atoms with Crippen LogP contribution in [-0.4, -0.2) is 11.2 Å². The second-order valence-corrected chi connectivity index (χ2v) is 14.4. The highest BCUT2D eigenvalue weighted by molar-refractivity contribution is 5.43. The summed E-state index contributed by atoms with van der Waals surface area (Å²) in [6.45, 7) is 20.3. The minimum Gasteiger partial charge on any atom is -0.393 e. The number of aliphatic hydroxyl groups excluding tert-OH is 1. The maximum absolute atomic E-state index is 10.7. The smallest absolute Gasteiger partial charge is 0.0571 e. The summed E-state index contributed by atoms with van der Waals surface area (Å²) in [5, 5.41) is 10.7. The standard InChI is InChI=1S/C30H48O/c1-19-17-30(8)25-12-14-27(5)20(2)23(31)9-10-24(27)28(25,6)15-16-29(30,7)22-18-26(3,4)13-11-21(19)22/h11,17,20,22-25,31H,9-10,12-16,18H2,1-8H3/t20-,22+,23-,24+,25-,27+,28-,29-,30+/m0/s1. The van der Waals surface area contributed by atoms with Gasteiger partial charge in [0.1, 0.15) is 0 Å². The Bertz CT molecular complexity index is 833. The fourth-order valence-corrected chi connectivity index (χ4v) is 10.3. The van der Waals surface area contributed by atoms with Crippen LogP contribution < -0.4 is 0 Å². The lowest BCUT2D eigenvalue weighted by Crippen LogP contribution is -2.65. The van der Waals surface area contributed by atoms with E-state index in [1.807, 2.05) is 0 Å².